The summed E-state index contributed by atoms with van der Waals surface area (Å²) in [5.41, 5.74) is 1.27. The minimum absolute atomic E-state index is 0.0181. The first-order valence-electron chi connectivity index (χ1n) is 7.59. The van der Waals surface area contributed by atoms with Crippen molar-refractivity contribution < 1.29 is 9.50 Å². The first kappa shape index (κ1) is 13.8. The maximum Gasteiger partial charge on any atom is 0.131 e. The Bertz CT molecular complexity index is 482. The average molecular weight is 278 g/mol. The van der Waals surface area contributed by atoms with Crippen molar-refractivity contribution in [3.05, 3.63) is 29.1 Å². The van der Waals surface area contributed by atoms with Gasteiger partial charge in [-0.1, -0.05) is 18.9 Å². The van der Waals surface area contributed by atoms with Crippen molar-refractivity contribution in [3.63, 3.8) is 0 Å². The zero-order chi connectivity index (χ0) is 14.1. The van der Waals surface area contributed by atoms with Crippen LogP contribution in [0.2, 0.25) is 0 Å². The van der Waals surface area contributed by atoms with Gasteiger partial charge in [0.05, 0.1) is 0 Å². The number of nitrogens with one attached hydrogen (secondary N) is 1. The van der Waals surface area contributed by atoms with E-state index in [2.05, 4.69) is 10.2 Å². The Morgan fingerprint density at radius 3 is 2.70 bits per heavy atom. The monoisotopic (exact) mass is 278 g/mol. The summed E-state index contributed by atoms with van der Waals surface area (Å²) >= 11 is 0. The zero-order valence-electron chi connectivity index (χ0n) is 12.0. The highest BCUT2D eigenvalue weighted by Crippen LogP contribution is 2.43. The topological polar surface area (TPSA) is 35.5 Å². The van der Waals surface area contributed by atoms with Crippen LogP contribution in [0.1, 0.15) is 36.4 Å². The Balaban J connectivity index is 1.93. The van der Waals surface area contributed by atoms with Crippen LogP contribution in [0.15, 0.2) is 12.1 Å². The number of halogens is 1. The highest BCUT2D eigenvalue weighted by atomic mass is 19.1. The number of benzene rings is 1. The van der Waals surface area contributed by atoms with E-state index in [-0.39, 0.29) is 17.6 Å². The molecule has 3 nitrogen and oxygen atoms in total. The maximum atomic E-state index is 14.3. The summed E-state index contributed by atoms with van der Waals surface area (Å²) in [5, 5.41) is 13.7. The van der Waals surface area contributed by atoms with Crippen LogP contribution in [0.4, 0.5) is 4.39 Å². The minimum atomic E-state index is -0.266. The van der Waals surface area contributed by atoms with Gasteiger partial charge in [-0.25, -0.2) is 4.39 Å². The minimum Gasteiger partial charge on any atom is -0.507 e. The van der Waals surface area contributed by atoms with Crippen molar-refractivity contribution in [2.45, 2.75) is 32.2 Å². The predicted octanol–water partition coefficient (Wildman–Crippen LogP) is 2.59. The number of aromatic hydroxyl groups is 1. The number of piperazine rings is 1. The second kappa shape index (κ2) is 5.70. The molecule has 1 aliphatic heterocycles. The Morgan fingerprint density at radius 1 is 1.35 bits per heavy atom. The molecular weight excluding hydrogens is 255 g/mol. The fourth-order valence-corrected chi connectivity index (χ4v) is 3.12. The summed E-state index contributed by atoms with van der Waals surface area (Å²) in [6, 6.07) is 3.16. The molecule has 2 fully saturated rings. The lowest BCUT2D eigenvalue weighted by Crippen LogP contribution is -2.45. The summed E-state index contributed by atoms with van der Waals surface area (Å²) < 4.78 is 14.3. The molecule has 1 atom stereocenters. The number of phenolic OH excluding ortho intramolecular Hbond substituents is 1. The van der Waals surface area contributed by atoms with Gasteiger partial charge in [0.1, 0.15) is 11.6 Å². The second-order valence-electron chi connectivity index (χ2n) is 6.11. The number of phenols is 1. The Morgan fingerprint density at radius 2 is 2.05 bits per heavy atom. The van der Waals surface area contributed by atoms with Crippen LogP contribution in [-0.2, 0) is 0 Å². The lowest BCUT2D eigenvalue weighted by Gasteiger charge is -2.36. The summed E-state index contributed by atoms with van der Waals surface area (Å²) in [6.45, 7) is 5.56. The van der Waals surface area contributed by atoms with Gasteiger partial charge in [0.2, 0.25) is 0 Å². The molecule has 0 radical (unpaired) electrons. The third-order valence-electron chi connectivity index (χ3n) is 4.54. The standard InChI is InChI=1S/C16H23FN2O/c1-11-2-5-13(17)15(16(11)20)14(10-12-3-4-12)19-8-6-18-7-9-19/h2,5,12,14,18,20H,3-4,6-10H2,1H3/t14-/m0/s1. The molecule has 1 saturated heterocycles. The van der Waals surface area contributed by atoms with E-state index >= 15 is 0 Å². The second-order valence-corrected chi connectivity index (χ2v) is 6.11. The maximum absolute atomic E-state index is 14.3. The van der Waals surface area contributed by atoms with Crippen molar-refractivity contribution >= 4 is 0 Å². The first-order valence-corrected chi connectivity index (χ1v) is 7.59. The lowest BCUT2D eigenvalue weighted by atomic mass is 9.95. The molecule has 3 rings (SSSR count). The van der Waals surface area contributed by atoms with Crippen LogP contribution in [0.5, 0.6) is 5.75 Å². The largest absolute Gasteiger partial charge is 0.507 e. The number of hydrogen-bond donors (Lipinski definition) is 2. The van der Waals surface area contributed by atoms with E-state index in [4.69, 9.17) is 0 Å². The molecule has 1 aromatic rings. The lowest BCUT2D eigenvalue weighted by molar-refractivity contribution is 0.154. The molecule has 0 aromatic heterocycles. The summed E-state index contributed by atoms with van der Waals surface area (Å²) in [4.78, 5) is 2.33. The molecule has 1 aliphatic carbocycles. The molecule has 110 valence electrons. The Labute approximate surface area is 119 Å². The van der Waals surface area contributed by atoms with Gasteiger partial charge in [-0.2, -0.15) is 0 Å². The van der Waals surface area contributed by atoms with Gasteiger partial charge in [0.25, 0.3) is 0 Å². The molecule has 0 spiro atoms. The van der Waals surface area contributed by atoms with Crippen molar-refractivity contribution in [1.29, 1.82) is 0 Å². The highest BCUT2D eigenvalue weighted by molar-refractivity contribution is 5.42. The normalized spacial score (nSPS) is 21.9. The third-order valence-corrected chi connectivity index (χ3v) is 4.54. The number of aryl methyl sites for hydroxylation is 1. The molecule has 2 aliphatic rings. The first-order chi connectivity index (χ1) is 9.66. The molecule has 1 heterocycles. The van der Waals surface area contributed by atoms with Gasteiger partial charge in [0, 0.05) is 37.8 Å². The predicted molar refractivity (Wildman–Crippen MR) is 77.3 cm³/mol. The van der Waals surface area contributed by atoms with Gasteiger partial charge >= 0.3 is 0 Å². The van der Waals surface area contributed by atoms with Crippen LogP contribution in [0.25, 0.3) is 0 Å². The van der Waals surface area contributed by atoms with E-state index < -0.39 is 0 Å². The average Bonchev–Trinajstić information content (AvgIpc) is 3.27. The van der Waals surface area contributed by atoms with Crippen molar-refractivity contribution in [3.8, 4) is 5.75 Å². The molecule has 0 amide bonds. The van der Waals surface area contributed by atoms with E-state index in [0.29, 0.717) is 11.5 Å². The van der Waals surface area contributed by atoms with E-state index in [1.54, 1.807) is 6.07 Å². The summed E-state index contributed by atoms with van der Waals surface area (Å²) in [6.07, 6.45) is 3.46. The fourth-order valence-electron chi connectivity index (χ4n) is 3.12. The van der Waals surface area contributed by atoms with E-state index in [9.17, 15) is 9.50 Å². The molecular formula is C16H23FN2O. The molecule has 20 heavy (non-hydrogen) atoms. The smallest absolute Gasteiger partial charge is 0.131 e. The Kier molecular flexibility index (Phi) is 3.94. The van der Waals surface area contributed by atoms with Gasteiger partial charge in [-0.3, -0.25) is 4.90 Å². The van der Waals surface area contributed by atoms with Crippen LogP contribution < -0.4 is 5.32 Å². The number of rotatable bonds is 4. The quantitative estimate of drug-likeness (QED) is 0.888. The van der Waals surface area contributed by atoms with E-state index in [1.807, 2.05) is 6.92 Å². The molecule has 1 saturated carbocycles. The molecule has 4 heteroatoms. The van der Waals surface area contributed by atoms with Gasteiger partial charge in [-0.05, 0) is 30.9 Å². The SMILES string of the molecule is Cc1ccc(F)c([C@H](CC2CC2)N2CCNCC2)c1O. The molecule has 1 aromatic carbocycles. The summed E-state index contributed by atoms with van der Waals surface area (Å²) in [5.74, 6) is 0.584. The third kappa shape index (κ3) is 2.81. The molecule has 2 N–H and O–H groups in total. The molecule has 0 unspecified atom stereocenters. The number of hydrogen-bond acceptors (Lipinski definition) is 3. The fraction of sp³-hybridized carbons (Fsp3) is 0.625. The van der Waals surface area contributed by atoms with Gasteiger partial charge in [-0.15, -0.1) is 0 Å². The molecule has 0 bridgehead atoms. The van der Waals surface area contributed by atoms with E-state index in [1.165, 1.54) is 18.9 Å². The van der Waals surface area contributed by atoms with Crippen molar-refractivity contribution in [1.82, 2.24) is 10.2 Å². The van der Waals surface area contributed by atoms with Crippen LogP contribution in [-0.4, -0.2) is 36.2 Å². The number of nitrogens with zero attached hydrogens (tertiary/aromatic N) is 1. The van der Waals surface area contributed by atoms with Crippen molar-refractivity contribution in [2.75, 3.05) is 26.2 Å². The van der Waals surface area contributed by atoms with Crippen LogP contribution in [0, 0.1) is 18.7 Å². The highest BCUT2D eigenvalue weighted by Gasteiger charge is 2.33. The van der Waals surface area contributed by atoms with Crippen molar-refractivity contribution in [2.24, 2.45) is 5.92 Å². The van der Waals surface area contributed by atoms with E-state index in [0.717, 1.165) is 38.2 Å². The van der Waals surface area contributed by atoms with Crippen LogP contribution in [0.3, 0.4) is 0 Å². The Hall–Kier alpha value is -1.13. The van der Waals surface area contributed by atoms with Crippen LogP contribution >= 0.6 is 0 Å². The summed E-state index contributed by atoms with van der Waals surface area (Å²) in [7, 11) is 0. The van der Waals surface area contributed by atoms with Gasteiger partial charge < -0.3 is 10.4 Å². The zero-order valence-corrected chi connectivity index (χ0v) is 12.0. The van der Waals surface area contributed by atoms with Gasteiger partial charge in [0.15, 0.2) is 0 Å².